The van der Waals surface area contributed by atoms with E-state index in [4.69, 9.17) is 5.26 Å². The predicted octanol–water partition coefficient (Wildman–Crippen LogP) is 2.13. The highest BCUT2D eigenvalue weighted by atomic mass is 15.1. The Balaban J connectivity index is 2.01. The molecule has 1 aliphatic carbocycles. The third-order valence-corrected chi connectivity index (χ3v) is 3.07. The minimum atomic E-state index is 0.815. The molecule has 2 rings (SSSR count). The van der Waals surface area contributed by atoms with Crippen molar-refractivity contribution in [1.29, 1.82) is 5.26 Å². The van der Waals surface area contributed by atoms with E-state index < -0.39 is 0 Å². The van der Waals surface area contributed by atoms with Gasteiger partial charge in [-0.1, -0.05) is 18.2 Å². The van der Waals surface area contributed by atoms with Gasteiger partial charge in [-0.15, -0.1) is 0 Å². The Kier molecular flexibility index (Phi) is 2.91. The topological polar surface area (TPSA) is 27.0 Å². The third-order valence-electron chi connectivity index (χ3n) is 3.07. The molecule has 0 aromatic heterocycles. The van der Waals surface area contributed by atoms with Gasteiger partial charge >= 0.3 is 0 Å². The highest BCUT2D eigenvalue weighted by Gasteiger charge is 2.10. The molecule has 0 bridgehead atoms. The molecule has 1 aromatic rings. The van der Waals surface area contributed by atoms with Crippen LogP contribution in [0.4, 0.5) is 0 Å². The highest BCUT2D eigenvalue weighted by molar-refractivity contribution is 5.35. The van der Waals surface area contributed by atoms with E-state index in [-0.39, 0.29) is 0 Å². The number of hydrogen-bond donors (Lipinski definition) is 0. The molecule has 2 heteroatoms. The zero-order valence-corrected chi connectivity index (χ0v) is 9.16. The molecule has 0 atom stereocenters. The Bertz CT molecular complexity index is 390. The molecule has 0 N–H and O–H groups in total. The molecular formula is C13H16N2. The summed E-state index contributed by atoms with van der Waals surface area (Å²) in [5.74, 6) is 0. The van der Waals surface area contributed by atoms with Gasteiger partial charge in [0.2, 0.25) is 0 Å². The van der Waals surface area contributed by atoms with Crippen molar-refractivity contribution in [3.8, 4) is 6.19 Å². The Hall–Kier alpha value is -1.49. The quantitative estimate of drug-likeness (QED) is 0.552. The van der Waals surface area contributed by atoms with Crippen molar-refractivity contribution < 1.29 is 0 Å². The highest BCUT2D eigenvalue weighted by Crippen LogP contribution is 2.22. The summed E-state index contributed by atoms with van der Waals surface area (Å²) in [4.78, 5) is 1.67. The molecule has 0 spiro atoms. The second-order valence-corrected chi connectivity index (χ2v) is 4.23. The summed E-state index contributed by atoms with van der Waals surface area (Å²) in [6, 6.07) is 6.77. The molecule has 1 aliphatic rings. The smallest absolute Gasteiger partial charge is 0.179 e. The van der Waals surface area contributed by atoms with E-state index >= 15 is 0 Å². The molecule has 2 nitrogen and oxygen atoms in total. The van der Waals surface area contributed by atoms with E-state index in [0.717, 1.165) is 13.0 Å². The van der Waals surface area contributed by atoms with Crippen molar-refractivity contribution in [2.75, 3.05) is 13.6 Å². The number of benzene rings is 1. The van der Waals surface area contributed by atoms with Gasteiger partial charge in [0.1, 0.15) is 0 Å². The van der Waals surface area contributed by atoms with Crippen LogP contribution >= 0.6 is 0 Å². The van der Waals surface area contributed by atoms with Gasteiger partial charge in [-0.25, -0.2) is 0 Å². The standard InChI is InChI=1S/C13H16N2/c1-15(10-14)8-7-11-5-6-12-3-2-4-13(12)9-11/h5-6,9H,2-4,7-8H2,1H3. The Morgan fingerprint density at radius 3 is 2.93 bits per heavy atom. The summed E-state index contributed by atoms with van der Waals surface area (Å²) in [6.45, 7) is 0.815. The van der Waals surface area contributed by atoms with Crippen LogP contribution in [-0.4, -0.2) is 18.5 Å². The molecule has 0 heterocycles. The fourth-order valence-electron chi connectivity index (χ4n) is 2.13. The van der Waals surface area contributed by atoms with E-state index in [1.165, 1.54) is 36.0 Å². The maximum absolute atomic E-state index is 8.64. The number of nitriles is 1. The predicted molar refractivity (Wildman–Crippen MR) is 60.4 cm³/mol. The van der Waals surface area contributed by atoms with E-state index in [0.29, 0.717) is 0 Å². The monoisotopic (exact) mass is 200 g/mol. The minimum Gasteiger partial charge on any atom is -0.313 e. The SMILES string of the molecule is CN(C#N)CCc1ccc2c(c1)CCC2. The van der Waals surface area contributed by atoms with Crippen molar-refractivity contribution in [2.24, 2.45) is 0 Å². The van der Waals surface area contributed by atoms with Crippen LogP contribution in [0.5, 0.6) is 0 Å². The summed E-state index contributed by atoms with van der Waals surface area (Å²) >= 11 is 0. The number of hydrogen-bond acceptors (Lipinski definition) is 2. The van der Waals surface area contributed by atoms with Crippen LogP contribution in [0.25, 0.3) is 0 Å². The first-order chi connectivity index (χ1) is 7.29. The Morgan fingerprint density at radius 1 is 1.33 bits per heavy atom. The van der Waals surface area contributed by atoms with E-state index in [1.54, 1.807) is 4.90 Å². The van der Waals surface area contributed by atoms with Crippen LogP contribution in [0.3, 0.4) is 0 Å². The van der Waals surface area contributed by atoms with Crippen LogP contribution < -0.4 is 0 Å². The lowest BCUT2D eigenvalue weighted by Crippen LogP contribution is -2.14. The van der Waals surface area contributed by atoms with Gasteiger partial charge in [0.25, 0.3) is 0 Å². The van der Waals surface area contributed by atoms with Gasteiger partial charge in [0, 0.05) is 13.6 Å². The summed E-state index contributed by atoms with van der Waals surface area (Å²) in [7, 11) is 1.83. The third kappa shape index (κ3) is 2.30. The maximum atomic E-state index is 8.64. The Morgan fingerprint density at radius 2 is 2.13 bits per heavy atom. The molecule has 15 heavy (non-hydrogen) atoms. The molecule has 1 aromatic carbocycles. The molecule has 0 amide bonds. The van der Waals surface area contributed by atoms with Gasteiger partial charge in [-0.2, -0.15) is 5.26 Å². The average molecular weight is 200 g/mol. The molecule has 0 saturated heterocycles. The Labute approximate surface area is 91.1 Å². The van der Waals surface area contributed by atoms with E-state index in [1.807, 2.05) is 7.05 Å². The van der Waals surface area contributed by atoms with Crippen molar-refractivity contribution >= 4 is 0 Å². The van der Waals surface area contributed by atoms with Gasteiger partial charge in [-0.3, -0.25) is 0 Å². The van der Waals surface area contributed by atoms with Gasteiger partial charge in [0.15, 0.2) is 6.19 Å². The first kappa shape index (κ1) is 10.0. The number of rotatable bonds is 3. The van der Waals surface area contributed by atoms with Crippen molar-refractivity contribution in [3.05, 3.63) is 34.9 Å². The van der Waals surface area contributed by atoms with Crippen LogP contribution in [0.1, 0.15) is 23.1 Å². The second-order valence-electron chi connectivity index (χ2n) is 4.23. The van der Waals surface area contributed by atoms with Gasteiger partial charge in [0.05, 0.1) is 0 Å². The van der Waals surface area contributed by atoms with Crippen LogP contribution in [0, 0.1) is 11.5 Å². The zero-order chi connectivity index (χ0) is 10.7. The maximum Gasteiger partial charge on any atom is 0.179 e. The number of aryl methyl sites for hydroxylation is 2. The number of fused-ring (bicyclic) bond motifs is 1. The normalized spacial score (nSPS) is 13.3. The summed E-state index contributed by atoms with van der Waals surface area (Å²) < 4.78 is 0. The summed E-state index contributed by atoms with van der Waals surface area (Å²) in [5, 5.41) is 8.64. The zero-order valence-electron chi connectivity index (χ0n) is 9.16. The molecule has 0 unspecified atom stereocenters. The van der Waals surface area contributed by atoms with Crippen molar-refractivity contribution in [1.82, 2.24) is 4.90 Å². The molecular weight excluding hydrogens is 184 g/mol. The van der Waals surface area contributed by atoms with Gasteiger partial charge < -0.3 is 4.90 Å². The molecule has 0 saturated carbocycles. The van der Waals surface area contributed by atoms with Crippen LogP contribution in [-0.2, 0) is 19.3 Å². The summed E-state index contributed by atoms with van der Waals surface area (Å²) in [5.41, 5.74) is 4.40. The first-order valence-corrected chi connectivity index (χ1v) is 5.51. The first-order valence-electron chi connectivity index (χ1n) is 5.51. The lowest BCUT2D eigenvalue weighted by atomic mass is 10.0. The van der Waals surface area contributed by atoms with E-state index in [2.05, 4.69) is 24.4 Å². The number of nitrogens with zero attached hydrogens (tertiary/aromatic N) is 2. The lowest BCUT2D eigenvalue weighted by molar-refractivity contribution is 0.478. The molecule has 0 radical (unpaired) electrons. The summed E-state index contributed by atoms with van der Waals surface area (Å²) in [6.07, 6.45) is 6.87. The van der Waals surface area contributed by atoms with E-state index in [9.17, 15) is 0 Å². The lowest BCUT2D eigenvalue weighted by Gasteiger charge is -2.09. The largest absolute Gasteiger partial charge is 0.313 e. The molecule has 78 valence electrons. The molecule has 0 aliphatic heterocycles. The average Bonchev–Trinajstić information content (AvgIpc) is 2.72. The van der Waals surface area contributed by atoms with Crippen LogP contribution in [0.2, 0.25) is 0 Å². The van der Waals surface area contributed by atoms with Crippen molar-refractivity contribution in [3.63, 3.8) is 0 Å². The molecule has 0 fully saturated rings. The number of likely N-dealkylation sites (N-methyl/N-ethyl adjacent to an activating group) is 1. The fraction of sp³-hybridized carbons (Fsp3) is 0.462. The minimum absolute atomic E-state index is 0.815. The van der Waals surface area contributed by atoms with Gasteiger partial charge in [-0.05, 0) is 42.4 Å². The second kappa shape index (κ2) is 4.35. The fourth-order valence-corrected chi connectivity index (χ4v) is 2.13. The van der Waals surface area contributed by atoms with Crippen LogP contribution in [0.15, 0.2) is 18.2 Å². The van der Waals surface area contributed by atoms with Crippen molar-refractivity contribution in [2.45, 2.75) is 25.7 Å².